The van der Waals surface area contributed by atoms with Crippen molar-refractivity contribution in [2.75, 3.05) is 11.9 Å². The van der Waals surface area contributed by atoms with Crippen LogP contribution in [0.25, 0.3) is 0 Å². The fourth-order valence-electron chi connectivity index (χ4n) is 1.59. The quantitative estimate of drug-likeness (QED) is 0.825. The van der Waals surface area contributed by atoms with Gasteiger partial charge in [-0.05, 0) is 18.2 Å². The summed E-state index contributed by atoms with van der Waals surface area (Å²) in [6.45, 7) is 0.263. The molecule has 0 aliphatic rings. The molecule has 2 rings (SSSR count). The van der Waals surface area contributed by atoms with Crippen LogP contribution in [-0.4, -0.2) is 22.2 Å². The van der Waals surface area contributed by atoms with Crippen LogP contribution in [-0.2, 0) is 7.05 Å². The Kier molecular flexibility index (Phi) is 4.41. The lowest BCUT2D eigenvalue weighted by Gasteiger charge is -2.06. The number of nitrogens with zero attached hydrogens (tertiary/aromatic N) is 2. The van der Waals surface area contributed by atoms with Crippen molar-refractivity contribution in [3.63, 3.8) is 0 Å². The molecule has 1 aromatic carbocycles. The lowest BCUT2D eigenvalue weighted by molar-refractivity contribution is 0.102. The van der Waals surface area contributed by atoms with Crippen molar-refractivity contribution in [1.82, 2.24) is 9.78 Å². The molecule has 6 heteroatoms. The Balaban J connectivity index is 2.19. The van der Waals surface area contributed by atoms with Crippen LogP contribution >= 0.6 is 11.6 Å². The number of aromatic nitrogens is 2. The number of nitrogens with two attached hydrogens (primary N) is 1. The number of aryl methyl sites for hydroxylation is 1. The highest BCUT2D eigenvalue weighted by Gasteiger charge is 2.10. The first-order valence-electron chi connectivity index (χ1n) is 5.89. The van der Waals surface area contributed by atoms with E-state index in [1.54, 1.807) is 42.2 Å². The van der Waals surface area contributed by atoms with Crippen LogP contribution in [0.15, 0.2) is 30.5 Å². The van der Waals surface area contributed by atoms with Crippen LogP contribution in [0, 0.1) is 11.8 Å². The van der Waals surface area contributed by atoms with E-state index < -0.39 is 0 Å². The summed E-state index contributed by atoms with van der Waals surface area (Å²) in [4.78, 5) is 12.1. The third-order valence-electron chi connectivity index (χ3n) is 2.62. The third kappa shape index (κ3) is 3.18. The minimum absolute atomic E-state index is 0.256. The molecule has 0 atom stereocenters. The second kappa shape index (κ2) is 6.24. The summed E-state index contributed by atoms with van der Waals surface area (Å²) in [5.41, 5.74) is 6.41. The van der Waals surface area contributed by atoms with Gasteiger partial charge >= 0.3 is 0 Å². The number of halogens is 1. The van der Waals surface area contributed by atoms with E-state index in [1.165, 1.54) is 0 Å². The van der Waals surface area contributed by atoms with Crippen LogP contribution in [0.1, 0.15) is 15.9 Å². The van der Waals surface area contributed by atoms with Crippen LogP contribution in [0.5, 0.6) is 0 Å². The molecule has 0 saturated heterocycles. The van der Waals surface area contributed by atoms with Crippen molar-refractivity contribution in [2.45, 2.75) is 0 Å². The molecule has 3 N–H and O–H groups in total. The third-order valence-corrected chi connectivity index (χ3v) is 2.93. The van der Waals surface area contributed by atoms with Crippen molar-refractivity contribution < 1.29 is 4.79 Å². The van der Waals surface area contributed by atoms with E-state index >= 15 is 0 Å². The maximum Gasteiger partial charge on any atom is 0.256 e. The molecule has 102 valence electrons. The fraction of sp³-hybridized carbons (Fsp3) is 0.143. The number of nitrogens with one attached hydrogen (secondary N) is 1. The predicted molar refractivity (Wildman–Crippen MR) is 78.5 cm³/mol. The fourth-order valence-corrected chi connectivity index (χ4v) is 1.82. The number of amides is 1. The van der Waals surface area contributed by atoms with Crippen LogP contribution in [0.4, 0.5) is 5.82 Å². The molecule has 1 heterocycles. The highest BCUT2D eigenvalue weighted by molar-refractivity contribution is 6.32. The Labute approximate surface area is 121 Å². The summed E-state index contributed by atoms with van der Waals surface area (Å²) < 4.78 is 1.57. The smallest absolute Gasteiger partial charge is 0.256 e. The average Bonchev–Trinajstić information content (AvgIpc) is 2.83. The van der Waals surface area contributed by atoms with Crippen molar-refractivity contribution >= 4 is 23.3 Å². The minimum atomic E-state index is -0.256. The van der Waals surface area contributed by atoms with Crippen LogP contribution in [0.3, 0.4) is 0 Å². The second-order valence-corrected chi connectivity index (χ2v) is 4.40. The zero-order chi connectivity index (χ0) is 14.5. The first-order chi connectivity index (χ1) is 9.61. The lowest BCUT2D eigenvalue weighted by Crippen LogP contribution is -2.14. The number of hydrogen-bond donors (Lipinski definition) is 2. The van der Waals surface area contributed by atoms with E-state index in [4.69, 9.17) is 17.3 Å². The van der Waals surface area contributed by atoms with Gasteiger partial charge in [0.2, 0.25) is 0 Å². The number of carbonyl (C=O) groups excluding carboxylic acids is 1. The standard InChI is InChI=1S/C14H13ClN4O/c1-19-13(6-8-17-19)18-14(20)11-5-4-10(3-2-7-16)12(15)9-11/h4-6,8-9H,7,16H2,1H3,(H,18,20). The van der Waals surface area contributed by atoms with Gasteiger partial charge in [-0.1, -0.05) is 23.4 Å². The first-order valence-corrected chi connectivity index (χ1v) is 6.27. The van der Waals surface area contributed by atoms with Gasteiger partial charge in [0.25, 0.3) is 5.91 Å². The highest BCUT2D eigenvalue weighted by Crippen LogP contribution is 2.18. The molecule has 0 bridgehead atoms. The molecular formula is C14H13ClN4O. The van der Waals surface area contributed by atoms with Crippen molar-refractivity contribution in [1.29, 1.82) is 0 Å². The molecular weight excluding hydrogens is 276 g/mol. The molecule has 20 heavy (non-hydrogen) atoms. The molecule has 0 saturated carbocycles. The van der Waals surface area contributed by atoms with E-state index in [0.717, 1.165) is 0 Å². The monoisotopic (exact) mass is 288 g/mol. The number of carbonyl (C=O) groups is 1. The van der Waals surface area contributed by atoms with Crippen molar-refractivity contribution in [2.24, 2.45) is 12.8 Å². The van der Waals surface area contributed by atoms with Gasteiger partial charge in [0.15, 0.2) is 0 Å². The van der Waals surface area contributed by atoms with Crippen LogP contribution in [0.2, 0.25) is 5.02 Å². The Morgan fingerprint density at radius 2 is 2.30 bits per heavy atom. The summed E-state index contributed by atoms with van der Waals surface area (Å²) in [5.74, 6) is 5.91. The normalized spacial score (nSPS) is 9.75. The topological polar surface area (TPSA) is 72.9 Å². The summed E-state index contributed by atoms with van der Waals surface area (Å²) in [6, 6.07) is 6.65. The van der Waals surface area contributed by atoms with Crippen molar-refractivity contribution in [3.05, 3.63) is 46.6 Å². The van der Waals surface area contributed by atoms with Gasteiger partial charge in [-0.3, -0.25) is 9.48 Å². The molecule has 0 aliphatic carbocycles. The molecule has 0 radical (unpaired) electrons. The zero-order valence-electron chi connectivity index (χ0n) is 10.9. The molecule has 0 aliphatic heterocycles. The summed E-state index contributed by atoms with van der Waals surface area (Å²) in [5, 5.41) is 7.14. The SMILES string of the molecule is Cn1nccc1NC(=O)c1ccc(C#CCN)c(Cl)c1. The van der Waals surface area contributed by atoms with Gasteiger partial charge in [-0.25, -0.2) is 0 Å². The number of hydrogen-bond acceptors (Lipinski definition) is 3. The van der Waals surface area contributed by atoms with E-state index in [1.807, 2.05) is 0 Å². The molecule has 0 unspecified atom stereocenters. The second-order valence-electron chi connectivity index (χ2n) is 3.99. The zero-order valence-corrected chi connectivity index (χ0v) is 11.6. The van der Waals surface area contributed by atoms with Crippen molar-refractivity contribution in [3.8, 4) is 11.8 Å². The van der Waals surface area contributed by atoms with Gasteiger partial charge in [0.1, 0.15) is 5.82 Å². The largest absolute Gasteiger partial charge is 0.320 e. The molecule has 0 fully saturated rings. The Hall–Kier alpha value is -2.29. The van der Waals surface area contributed by atoms with Gasteiger partial charge < -0.3 is 11.1 Å². The molecule has 0 spiro atoms. The van der Waals surface area contributed by atoms with Gasteiger partial charge in [-0.15, -0.1) is 0 Å². The van der Waals surface area contributed by atoms with E-state index in [9.17, 15) is 4.79 Å². The summed E-state index contributed by atoms with van der Waals surface area (Å²) >= 11 is 6.08. The van der Waals surface area contributed by atoms with E-state index in [0.29, 0.717) is 22.0 Å². The first kappa shape index (κ1) is 14.1. The Bertz CT molecular complexity index is 697. The van der Waals surface area contributed by atoms with Gasteiger partial charge in [0.05, 0.1) is 17.8 Å². The van der Waals surface area contributed by atoms with E-state index in [-0.39, 0.29) is 12.5 Å². The molecule has 1 aromatic heterocycles. The number of rotatable bonds is 2. The van der Waals surface area contributed by atoms with Gasteiger partial charge in [-0.2, -0.15) is 5.10 Å². The van der Waals surface area contributed by atoms with Gasteiger partial charge in [0, 0.05) is 24.2 Å². The molecule has 1 amide bonds. The average molecular weight is 289 g/mol. The predicted octanol–water partition coefficient (Wildman–Crippen LogP) is 1.64. The Morgan fingerprint density at radius 1 is 1.50 bits per heavy atom. The molecule has 2 aromatic rings. The van der Waals surface area contributed by atoms with E-state index in [2.05, 4.69) is 22.3 Å². The Morgan fingerprint density at radius 3 is 2.90 bits per heavy atom. The molecule has 5 nitrogen and oxygen atoms in total. The summed E-state index contributed by atoms with van der Waals surface area (Å²) in [7, 11) is 1.74. The lowest BCUT2D eigenvalue weighted by atomic mass is 10.1. The number of anilines is 1. The minimum Gasteiger partial charge on any atom is -0.320 e. The number of benzene rings is 1. The van der Waals surface area contributed by atoms with Crippen LogP contribution < -0.4 is 11.1 Å². The summed E-state index contributed by atoms with van der Waals surface area (Å²) in [6.07, 6.45) is 1.61. The maximum absolute atomic E-state index is 12.1. The maximum atomic E-state index is 12.1. The highest BCUT2D eigenvalue weighted by atomic mass is 35.5.